The maximum absolute atomic E-state index is 13.3. The van der Waals surface area contributed by atoms with Gasteiger partial charge in [-0.3, -0.25) is 9.59 Å². The van der Waals surface area contributed by atoms with E-state index in [1.165, 1.54) is 12.1 Å². The molecule has 0 saturated heterocycles. The lowest BCUT2D eigenvalue weighted by atomic mass is 9.78. The van der Waals surface area contributed by atoms with Gasteiger partial charge in [0.2, 0.25) is 11.8 Å². The maximum atomic E-state index is 13.3. The van der Waals surface area contributed by atoms with Crippen LogP contribution < -0.4 is 11.1 Å². The fourth-order valence-corrected chi connectivity index (χ4v) is 2.98. The Morgan fingerprint density at radius 2 is 1.64 bits per heavy atom. The van der Waals surface area contributed by atoms with Crippen molar-refractivity contribution in [1.82, 2.24) is 5.32 Å². The second kappa shape index (κ2) is 8.41. The molecule has 6 heteroatoms. The Hall–Kier alpha value is -1.98. The molecule has 3 N–H and O–H groups in total. The van der Waals surface area contributed by atoms with Gasteiger partial charge in [0.25, 0.3) is 0 Å². The van der Waals surface area contributed by atoms with Gasteiger partial charge in [-0.2, -0.15) is 0 Å². The van der Waals surface area contributed by atoms with Crippen LogP contribution in [0.1, 0.15) is 46.6 Å². The molecule has 0 radical (unpaired) electrons. The largest absolute Gasteiger partial charge is 0.369 e. The van der Waals surface area contributed by atoms with Gasteiger partial charge in [0.15, 0.2) is 0 Å². The van der Waals surface area contributed by atoms with Gasteiger partial charge in [0.05, 0.1) is 5.92 Å². The molecule has 1 aromatic carbocycles. The van der Waals surface area contributed by atoms with E-state index in [0.717, 1.165) is 6.07 Å². The van der Waals surface area contributed by atoms with Crippen molar-refractivity contribution in [2.75, 3.05) is 0 Å². The number of nitrogens with two attached hydrogens (primary N) is 1. The number of nitrogens with one attached hydrogen (secondary N) is 1. The molecule has 0 aliphatic carbocycles. The fraction of sp³-hybridized carbons (Fsp3) is 0.579. The number of amides is 2. The smallest absolute Gasteiger partial charge is 0.224 e. The van der Waals surface area contributed by atoms with E-state index in [4.69, 9.17) is 5.73 Å². The van der Waals surface area contributed by atoms with E-state index >= 15 is 0 Å². The third-order valence-electron chi connectivity index (χ3n) is 3.98. The zero-order valence-electron chi connectivity index (χ0n) is 15.5. The first-order valence-electron chi connectivity index (χ1n) is 8.47. The number of hydrogen-bond donors (Lipinski definition) is 2. The van der Waals surface area contributed by atoms with E-state index < -0.39 is 34.9 Å². The van der Waals surface area contributed by atoms with E-state index in [-0.39, 0.29) is 24.7 Å². The average Bonchev–Trinajstić information content (AvgIpc) is 2.39. The van der Waals surface area contributed by atoms with Gasteiger partial charge in [0.1, 0.15) is 11.6 Å². The molecule has 0 fully saturated rings. The summed E-state index contributed by atoms with van der Waals surface area (Å²) in [7, 11) is 0. The second-order valence-electron chi connectivity index (χ2n) is 7.83. The van der Waals surface area contributed by atoms with Crippen molar-refractivity contribution in [2.24, 2.45) is 23.5 Å². The van der Waals surface area contributed by atoms with Gasteiger partial charge in [-0.1, -0.05) is 13.8 Å². The molecule has 0 aliphatic rings. The highest BCUT2D eigenvalue weighted by molar-refractivity contribution is 5.87. The molecule has 2 amide bonds. The lowest BCUT2D eigenvalue weighted by Crippen LogP contribution is -2.49. The van der Waals surface area contributed by atoms with Crippen LogP contribution >= 0.6 is 0 Å². The molecule has 0 aliphatic heterocycles. The molecule has 25 heavy (non-hydrogen) atoms. The first kappa shape index (κ1) is 21.1. The second-order valence-corrected chi connectivity index (χ2v) is 7.83. The minimum Gasteiger partial charge on any atom is -0.369 e. The molecule has 4 nitrogen and oxygen atoms in total. The molecule has 0 spiro atoms. The molecule has 1 aromatic rings. The third kappa shape index (κ3) is 6.80. The summed E-state index contributed by atoms with van der Waals surface area (Å²) in [6.07, 6.45) is 0.507. The van der Waals surface area contributed by atoms with Crippen LogP contribution in [0.4, 0.5) is 8.78 Å². The zero-order chi connectivity index (χ0) is 19.4. The van der Waals surface area contributed by atoms with Crippen LogP contribution in [-0.2, 0) is 16.0 Å². The minimum absolute atomic E-state index is 0.107. The molecule has 1 rings (SSSR count). The predicted molar refractivity (Wildman–Crippen MR) is 93.6 cm³/mol. The molecular formula is C19H28F2N2O2. The van der Waals surface area contributed by atoms with Crippen LogP contribution in [0, 0.1) is 29.4 Å². The van der Waals surface area contributed by atoms with Crippen molar-refractivity contribution in [3.8, 4) is 0 Å². The number of carbonyl (C=O) groups excluding carboxylic acids is 2. The standard InChI is InChI=1S/C19H28F2N2O2/c1-11(2)16(18(25)23-19(3,4)5)15(17(22)24)7-6-12-8-13(20)10-14(21)9-12/h8-11,15-16H,6-7H2,1-5H3,(H2,22,24)(H,23,25). The Morgan fingerprint density at radius 3 is 2.04 bits per heavy atom. The number of halogens is 2. The van der Waals surface area contributed by atoms with Crippen LogP contribution in [-0.4, -0.2) is 17.4 Å². The highest BCUT2D eigenvalue weighted by Gasteiger charge is 2.35. The van der Waals surface area contributed by atoms with Gasteiger partial charge in [0, 0.05) is 17.5 Å². The molecule has 2 atom stereocenters. The normalized spacial score (nSPS) is 14.2. The highest BCUT2D eigenvalue weighted by Crippen LogP contribution is 2.27. The van der Waals surface area contributed by atoms with E-state index in [1.807, 2.05) is 34.6 Å². The number of aryl methyl sites for hydroxylation is 1. The molecule has 0 aromatic heterocycles. The van der Waals surface area contributed by atoms with Gasteiger partial charge in [-0.05, 0) is 57.2 Å². The molecule has 2 unspecified atom stereocenters. The number of rotatable bonds is 7. The van der Waals surface area contributed by atoms with Crippen molar-refractivity contribution < 1.29 is 18.4 Å². The summed E-state index contributed by atoms with van der Waals surface area (Å²) in [4.78, 5) is 24.6. The molecule has 0 bridgehead atoms. The van der Waals surface area contributed by atoms with Crippen molar-refractivity contribution in [3.05, 3.63) is 35.4 Å². The van der Waals surface area contributed by atoms with Crippen LogP contribution in [0.2, 0.25) is 0 Å². The van der Waals surface area contributed by atoms with Gasteiger partial charge < -0.3 is 11.1 Å². The van der Waals surface area contributed by atoms with E-state index in [1.54, 1.807) is 0 Å². The zero-order valence-corrected chi connectivity index (χ0v) is 15.5. The summed E-state index contributed by atoms with van der Waals surface area (Å²) in [5.74, 6) is -3.59. The van der Waals surface area contributed by atoms with E-state index in [0.29, 0.717) is 5.56 Å². The Kier molecular flexibility index (Phi) is 7.08. The first-order valence-corrected chi connectivity index (χ1v) is 8.47. The quantitative estimate of drug-likeness (QED) is 0.789. The number of carbonyl (C=O) groups is 2. The van der Waals surface area contributed by atoms with Crippen LogP contribution in [0.3, 0.4) is 0 Å². The highest BCUT2D eigenvalue weighted by atomic mass is 19.1. The molecule has 0 saturated carbocycles. The Labute approximate surface area is 148 Å². The summed E-state index contributed by atoms with van der Waals surface area (Å²) in [5.41, 5.74) is 5.53. The van der Waals surface area contributed by atoms with E-state index in [9.17, 15) is 18.4 Å². The van der Waals surface area contributed by atoms with Crippen molar-refractivity contribution >= 4 is 11.8 Å². The lowest BCUT2D eigenvalue weighted by Gasteiger charge is -2.31. The SMILES string of the molecule is CC(C)C(C(=O)NC(C)(C)C)C(CCc1cc(F)cc(F)c1)C(N)=O. The summed E-state index contributed by atoms with van der Waals surface area (Å²) in [6.45, 7) is 9.28. The lowest BCUT2D eigenvalue weighted by molar-refractivity contribution is -0.136. The molecular weight excluding hydrogens is 326 g/mol. The summed E-state index contributed by atoms with van der Waals surface area (Å²) in [6, 6.07) is 3.24. The first-order chi connectivity index (χ1) is 11.4. The topological polar surface area (TPSA) is 72.2 Å². The maximum Gasteiger partial charge on any atom is 0.224 e. The summed E-state index contributed by atoms with van der Waals surface area (Å²) < 4.78 is 26.6. The van der Waals surface area contributed by atoms with E-state index in [2.05, 4.69) is 5.32 Å². The average molecular weight is 354 g/mol. The van der Waals surface area contributed by atoms with Crippen molar-refractivity contribution in [2.45, 2.75) is 53.0 Å². The Morgan fingerprint density at radius 1 is 1.12 bits per heavy atom. The van der Waals surface area contributed by atoms with Gasteiger partial charge >= 0.3 is 0 Å². The predicted octanol–water partition coefficient (Wildman–Crippen LogP) is 3.19. The van der Waals surface area contributed by atoms with Gasteiger partial charge in [-0.25, -0.2) is 8.78 Å². The van der Waals surface area contributed by atoms with Crippen LogP contribution in [0.5, 0.6) is 0 Å². The summed E-state index contributed by atoms with van der Waals surface area (Å²) in [5, 5.41) is 2.89. The van der Waals surface area contributed by atoms with Crippen LogP contribution in [0.25, 0.3) is 0 Å². The summed E-state index contributed by atoms with van der Waals surface area (Å²) >= 11 is 0. The molecule has 0 heterocycles. The van der Waals surface area contributed by atoms with Gasteiger partial charge in [-0.15, -0.1) is 0 Å². The Bertz CT molecular complexity index is 604. The van der Waals surface area contributed by atoms with Crippen molar-refractivity contribution in [1.29, 1.82) is 0 Å². The molecule has 140 valence electrons. The number of primary amides is 1. The van der Waals surface area contributed by atoms with Crippen LogP contribution in [0.15, 0.2) is 18.2 Å². The Balaban J connectivity index is 2.98. The third-order valence-corrected chi connectivity index (χ3v) is 3.98. The monoisotopic (exact) mass is 354 g/mol. The van der Waals surface area contributed by atoms with Crippen molar-refractivity contribution in [3.63, 3.8) is 0 Å². The minimum atomic E-state index is -0.714. The number of benzene rings is 1. The number of hydrogen-bond acceptors (Lipinski definition) is 2. The fourth-order valence-electron chi connectivity index (χ4n) is 2.98.